The quantitative estimate of drug-likeness (QED) is 0.259. The Morgan fingerprint density at radius 1 is 1.19 bits per heavy atom. The van der Waals surface area contributed by atoms with E-state index in [-0.39, 0.29) is 12.8 Å². The number of carboxylic acid groups (broad SMARTS) is 1. The van der Waals surface area contributed by atoms with Crippen molar-refractivity contribution in [2.75, 3.05) is 6.61 Å². The number of carbonyl (C=O) groups is 1. The van der Waals surface area contributed by atoms with E-state index in [2.05, 4.69) is 0 Å². The van der Waals surface area contributed by atoms with E-state index in [4.69, 9.17) is 14.2 Å². The highest BCUT2D eigenvalue weighted by Crippen LogP contribution is 2.52. The van der Waals surface area contributed by atoms with Crippen LogP contribution in [0.25, 0.3) is 0 Å². The molecular formula is C16H24O11. The summed E-state index contributed by atoms with van der Waals surface area (Å²) in [6.07, 6.45) is -8.35. The van der Waals surface area contributed by atoms with Crippen molar-refractivity contribution in [3.05, 3.63) is 11.8 Å². The molecule has 11 nitrogen and oxygen atoms in total. The summed E-state index contributed by atoms with van der Waals surface area (Å²) in [5.74, 6) is -2.64. The maximum atomic E-state index is 11.4. The van der Waals surface area contributed by atoms with Crippen LogP contribution in [-0.2, 0) is 19.0 Å². The van der Waals surface area contributed by atoms with Gasteiger partial charge in [-0.25, -0.2) is 4.79 Å². The fourth-order valence-electron chi connectivity index (χ4n) is 4.06. The molecule has 9 atom stereocenters. The van der Waals surface area contributed by atoms with E-state index in [9.17, 15) is 40.5 Å². The maximum Gasteiger partial charge on any atom is 0.337 e. The molecule has 0 bridgehead atoms. The molecule has 3 rings (SSSR count). The minimum absolute atomic E-state index is 0.0549. The van der Waals surface area contributed by atoms with Gasteiger partial charge >= 0.3 is 5.97 Å². The highest BCUT2D eigenvalue weighted by molar-refractivity contribution is 5.89. The number of ether oxygens (including phenoxy) is 3. The predicted octanol–water partition coefficient (Wildman–Crippen LogP) is -2.98. The van der Waals surface area contributed by atoms with E-state index in [0.29, 0.717) is 0 Å². The fraction of sp³-hybridized carbons (Fsp3) is 0.812. The molecule has 2 aliphatic heterocycles. The Kier molecular flexibility index (Phi) is 5.25. The van der Waals surface area contributed by atoms with Crippen LogP contribution in [0.4, 0.5) is 0 Å². The summed E-state index contributed by atoms with van der Waals surface area (Å²) in [6.45, 7) is 0.734. The zero-order chi connectivity index (χ0) is 20.1. The zero-order valence-corrected chi connectivity index (χ0v) is 14.5. The summed E-state index contributed by atoms with van der Waals surface area (Å²) in [7, 11) is 0. The molecule has 0 radical (unpaired) electrons. The summed E-state index contributed by atoms with van der Waals surface area (Å²) < 4.78 is 16.0. The Labute approximate surface area is 154 Å². The van der Waals surface area contributed by atoms with Crippen molar-refractivity contribution in [2.24, 2.45) is 5.92 Å². The molecule has 27 heavy (non-hydrogen) atoms. The SMILES string of the molecule is C[C@]1(O)CC[C@]2(O)C(C(=O)O)=CO[C@@H](OC3OC(CO)C(O)C(O)C3O)C12. The van der Waals surface area contributed by atoms with Crippen molar-refractivity contribution >= 4 is 5.97 Å². The minimum atomic E-state index is -1.94. The maximum absolute atomic E-state index is 11.4. The monoisotopic (exact) mass is 392 g/mol. The van der Waals surface area contributed by atoms with Crippen LogP contribution in [0.5, 0.6) is 0 Å². The average Bonchev–Trinajstić information content (AvgIpc) is 2.85. The van der Waals surface area contributed by atoms with Gasteiger partial charge in [0.2, 0.25) is 6.29 Å². The second-order valence-corrected chi connectivity index (χ2v) is 7.43. The van der Waals surface area contributed by atoms with Crippen molar-refractivity contribution in [1.82, 2.24) is 0 Å². The Morgan fingerprint density at radius 2 is 1.85 bits per heavy atom. The van der Waals surface area contributed by atoms with Gasteiger partial charge in [0.25, 0.3) is 0 Å². The molecule has 0 aromatic rings. The van der Waals surface area contributed by atoms with Gasteiger partial charge in [-0.1, -0.05) is 0 Å². The van der Waals surface area contributed by atoms with Crippen molar-refractivity contribution in [1.29, 1.82) is 0 Å². The fourth-order valence-corrected chi connectivity index (χ4v) is 4.06. The summed E-state index contributed by atoms with van der Waals surface area (Å²) in [5.41, 5.74) is -3.92. The molecule has 3 aliphatic rings. The molecule has 0 spiro atoms. The van der Waals surface area contributed by atoms with Gasteiger partial charge in [-0.3, -0.25) is 0 Å². The smallest absolute Gasteiger partial charge is 0.337 e. The molecule has 1 saturated carbocycles. The van der Waals surface area contributed by atoms with Crippen LogP contribution in [0.1, 0.15) is 19.8 Å². The number of aliphatic hydroxyl groups excluding tert-OH is 4. The number of hydrogen-bond acceptors (Lipinski definition) is 10. The van der Waals surface area contributed by atoms with E-state index >= 15 is 0 Å². The van der Waals surface area contributed by atoms with Gasteiger partial charge in [0.05, 0.1) is 24.4 Å². The molecule has 2 heterocycles. The molecule has 154 valence electrons. The van der Waals surface area contributed by atoms with Crippen molar-refractivity contribution in [3.8, 4) is 0 Å². The van der Waals surface area contributed by atoms with Crippen LogP contribution >= 0.6 is 0 Å². The van der Waals surface area contributed by atoms with Crippen LogP contribution in [0.3, 0.4) is 0 Å². The Balaban J connectivity index is 1.87. The van der Waals surface area contributed by atoms with Gasteiger partial charge in [0, 0.05) is 0 Å². The first kappa shape index (κ1) is 20.4. The third-order valence-electron chi connectivity index (χ3n) is 5.60. The van der Waals surface area contributed by atoms with Crippen LogP contribution in [0, 0.1) is 5.92 Å². The topological polar surface area (TPSA) is 186 Å². The first-order valence-electron chi connectivity index (χ1n) is 8.53. The summed E-state index contributed by atoms with van der Waals surface area (Å²) in [5, 5.41) is 69.9. The molecule has 11 heteroatoms. The molecular weight excluding hydrogens is 368 g/mol. The molecule has 0 amide bonds. The normalized spacial score (nSPS) is 49.9. The second-order valence-electron chi connectivity index (χ2n) is 7.43. The zero-order valence-electron chi connectivity index (χ0n) is 14.5. The third-order valence-corrected chi connectivity index (χ3v) is 5.60. The molecule has 1 aliphatic carbocycles. The van der Waals surface area contributed by atoms with Crippen LogP contribution in [-0.4, -0.2) is 96.5 Å². The number of rotatable bonds is 4. The first-order valence-corrected chi connectivity index (χ1v) is 8.53. The van der Waals surface area contributed by atoms with E-state index in [1.165, 1.54) is 6.92 Å². The lowest BCUT2D eigenvalue weighted by atomic mass is 9.77. The largest absolute Gasteiger partial charge is 0.478 e. The van der Waals surface area contributed by atoms with Gasteiger partial charge in [-0.15, -0.1) is 0 Å². The molecule has 6 unspecified atom stereocenters. The molecule has 2 fully saturated rings. The van der Waals surface area contributed by atoms with Gasteiger partial charge in [0.15, 0.2) is 6.29 Å². The van der Waals surface area contributed by atoms with Crippen molar-refractivity contribution in [2.45, 2.75) is 68.0 Å². The van der Waals surface area contributed by atoms with Gasteiger partial charge in [-0.05, 0) is 19.8 Å². The summed E-state index contributed by atoms with van der Waals surface area (Å²) >= 11 is 0. The van der Waals surface area contributed by atoms with Crippen LogP contribution < -0.4 is 0 Å². The molecule has 1 saturated heterocycles. The van der Waals surface area contributed by atoms with Crippen LogP contribution in [0.2, 0.25) is 0 Å². The lowest BCUT2D eigenvalue weighted by Gasteiger charge is -2.46. The number of aliphatic carboxylic acids is 1. The van der Waals surface area contributed by atoms with E-state index < -0.39 is 72.3 Å². The average molecular weight is 392 g/mol. The lowest BCUT2D eigenvalue weighted by Crippen LogP contribution is -2.62. The standard InChI is InChI=1S/C16H24O11/c1-15(23)2-3-16(24)6(12(21)22)5-25-14(11(15)16)27-13-10(20)9(19)8(18)7(4-17)26-13/h5,7-11,13-14,17-20,23-24H,2-4H2,1H3,(H,21,22)/t7?,8?,9?,10?,11?,13?,14-,15-,16-/m0/s1. The molecule has 0 aromatic carbocycles. The van der Waals surface area contributed by atoms with E-state index in [1.807, 2.05) is 0 Å². The minimum Gasteiger partial charge on any atom is -0.478 e. The van der Waals surface area contributed by atoms with E-state index in [1.54, 1.807) is 0 Å². The van der Waals surface area contributed by atoms with Crippen LogP contribution in [0.15, 0.2) is 11.8 Å². The Morgan fingerprint density at radius 3 is 2.44 bits per heavy atom. The Bertz CT molecular complexity index is 617. The van der Waals surface area contributed by atoms with Crippen molar-refractivity contribution in [3.63, 3.8) is 0 Å². The second kappa shape index (κ2) is 6.94. The highest BCUT2D eigenvalue weighted by Gasteiger charge is 2.63. The number of carboxylic acids is 1. The Hall–Kier alpha value is -1.31. The van der Waals surface area contributed by atoms with Gasteiger partial charge in [-0.2, -0.15) is 0 Å². The number of hydrogen-bond donors (Lipinski definition) is 7. The number of fused-ring (bicyclic) bond motifs is 1. The lowest BCUT2D eigenvalue weighted by molar-refractivity contribution is -0.351. The van der Waals surface area contributed by atoms with E-state index in [0.717, 1.165) is 6.26 Å². The highest BCUT2D eigenvalue weighted by atomic mass is 16.8. The molecule has 7 N–H and O–H groups in total. The van der Waals surface area contributed by atoms with Gasteiger partial charge in [0.1, 0.15) is 35.6 Å². The summed E-state index contributed by atoms with van der Waals surface area (Å²) in [6, 6.07) is 0. The predicted molar refractivity (Wildman–Crippen MR) is 83.7 cm³/mol. The van der Waals surface area contributed by atoms with Gasteiger partial charge < -0.3 is 50.0 Å². The summed E-state index contributed by atoms with van der Waals surface area (Å²) in [4.78, 5) is 11.4. The molecule has 0 aromatic heterocycles. The first-order chi connectivity index (χ1) is 12.5. The third kappa shape index (κ3) is 3.23. The number of aliphatic hydroxyl groups is 6. The van der Waals surface area contributed by atoms with Crippen molar-refractivity contribution < 1.29 is 54.8 Å².